The topological polar surface area (TPSA) is 74.2 Å². The van der Waals surface area contributed by atoms with Crippen LogP contribution in [-0.2, 0) is 6.61 Å². The number of hydrogen-bond acceptors (Lipinski definition) is 6. The fourth-order valence-electron chi connectivity index (χ4n) is 2.54. The first-order chi connectivity index (χ1) is 12.7. The predicted molar refractivity (Wildman–Crippen MR) is 95.5 cm³/mol. The van der Waals surface area contributed by atoms with Crippen LogP contribution in [0.15, 0.2) is 63.6 Å². The van der Waals surface area contributed by atoms with Crippen molar-refractivity contribution in [3.63, 3.8) is 0 Å². The first kappa shape index (κ1) is 16.1. The Hall–Kier alpha value is -3.41. The first-order valence-electron chi connectivity index (χ1n) is 8.23. The van der Waals surface area contributed by atoms with Gasteiger partial charge in [-0.05, 0) is 19.1 Å². The fraction of sp³-hybridized carbons (Fsp3) is 0.150. The van der Waals surface area contributed by atoms with Gasteiger partial charge in [-0.3, -0.25) is 0 Å². The molecule has 0 bridgehead atoms. The van der Waals surface area contributed by atoms with Gasteiger partial charge in [-0.25, -0.2) is 0 Å². The number of rotatable bonds is 5. The number of nitrogens with zero attached hydrogens (tertiary/aromatic N) is 3. The highest BCUT2D eigenvalue weighted by Gasteiger charge is 2.09. The third kappa shape index (κ3) is 3.49. The van der Waals surface area contributed by atoms with Gasteiger partial charge < -0.3 is 13.8 Å². The number of aryl methyl sites for hydroxylation is 2. The van der Waals surface area contributed by atoms with Crippen LogP contribution >= 0.6 is 0 Å². The summed E-state index contributed by atoms with van der Waals surface area (Å²) in [5.41, 5.74) is 3.84. The Labute approximate surface area is 150 Å². The molecule has 2 heterocycles. The maximum absolute atomic E-state index is 5.81. The van der Waals surface area contributed by atoms with Gasteiger partial charge in [-0.1, -0.05) is 52.3 Å². The third-order valence-electron chi connectivity index (χ3n) is 3.91. The molecule has 0 radical (unpaired) electrons. The van der Waals surface area contributed by atoms with Crippen molar-refractivity contribution in [2.24, 2.45) is 0 Å². The van der Waals surface area contributed by atoms with Crippen LogP contribution in [0, 0.1) is 13.8 Å². The van der Waals surface area contributed by atoms with Crippen molar-refractivity contribution >= 4 is 0 Å². The van der Waals surface area contributed by atoms with E-state index < -0.39 is 0 Å². The maximum atomic E-state index is 5.81. The lowest BCUT2D eigenvalue weighted by Crippen LogP contribution is -1.94. The normalized spacial score (nSPS) is 10.8. The second kappa shape index (κ2) is 6.84. The van der Waals surface area contributed by atoms with Gasteiger partial charge in [0.05, 0.1) is 0 Å². The molecule has 0 aliphatic heterocycles. The molecule has 0 saturated carbocycles. The Bertz CT molecular complexity index is 1020. The van der Waals surface area contributed by atoms with Crippen LogP contribution in [0.5, 0.6) is 5.75 Å². The highest BCUT2D eigenvalue weighted by atomic mass is 16.5. The minimum absolute atomic E-state index is 0.285. The largest absolute Gasteiger partial charge is 0.486 e. The molecule has 0 aliphatic carbocycles. The predicted octanol–water partition coefficient (Wildman–Crippen LogP) is 4.59. The summed E-state index contributed by atoms with van der Waals surface area (Å²) in [6.45, 7) is 4.09. The third-order valence-corrected chi connectivity index (χ3v) is 3.91. The molecule has 0 unspecified atom stereocenters. The van der Waals surface area contributed by atoms with E-state index in [1.165, 1.54) is 5.56 Å². The van der Waals surface area contributed by atoms with Crippen LogP contribution in [0.25, 0.3) is 22.6 Å². The molecule has 130 valence electrons. The van der Waals surface area contributed by atoms with Gasteiger partial charge in [0.25, 0.3) is 0 Å². The number of ether oxygens (including phenoxy) is 1. The maximum Gasteiger partial charge on any atom is 0.223 e. The van der Waals surface area contributed by atoms with E-state index in [1.54, 1.807) is 6.92 Å². The molecule has 4 rings (SSSR count). The van der Waals surface area contributed by atoms with E-state index in [1.807, 2.05) is 54.6 Å². The molecule has 0 N–H and O–H groups in total. The van der Waals surface area contributed by atoms with Gasteiger partial charge >= 0.3 is 0 Å². The van der Waals surface area contributed by atoms with E-state index >= 15 is 0 Å². The Kier molecular flexibility index (Phi) is 4.23. The summed E-state index contributed by atoms with van der Waals surface area (Å²) in [5, 5.41) is 8.03. The SMILES string of the molecule is Cc1ccc(-c2cc(COc3cccc(-c4noc(C)n4)c3)on2)cc1. The molecule has 6 nitrogen and oxygen atoms in total. The van der Waals surface area contributed by atoms with Gasteiger partial charge in [0.1, 0.15) is 18.1 Å². The highest BCUT2D eigenvalue weighted by Crippen LogP contribution is 2.24. The van der Waals surface area contributed by atoms with Crippen molar-refractivity contribution in [3.8, 4) is 28.4 Å². The minimum Gasteiger partial charge on any atom is -0.486 e. The molecule has 0 aliphatic rings. The van der Waals surface area contributed by atoms with Crippen molar-refractivity contribution in [2.45, 2.75) is 20.5 Å². The molecular weight excluding hydrogens is 330 g/mol. The molecule has 26 heavy (non-hydrogen) atoms. The molecule has 4 aromatic rings. The smallest absolute Gasteiger partial charge is 0.223 e. The Morgan fingerprint density at radius 2 is 1.73 bits per heavy atom. The Balaban J connectivity index is 1.45. The van der Waals surface area contributed by atoms with Gasteiger partial charge in [-0.2, -0.15) is 4.98 Å². The zero-order valence-electron chi connectivity index (χ0n) is 14.5. The fourth-order valence-corrected chi connectivity index (χ4v) is 2.54. The van der Waals surface area contributed by atoms with Crippen molar-refractivity contribution < 1.29 is 13.8 Å². The lowest BCUT2D eigenvalue weighted by atomic mass is 10.1. The summed E-state index contributed by atoms with van der Waals surface area (Å²) in [7, 11) is 0. The number of benzene rings is 2. The number of aromatic nitrogens is 3. The van der Waals surface area contributed by atoms with E-state index in [9.17, 15) is 0 Å². The molecule has 6 heteroatoms. The van der Waals surface area contributed by atoms with E-state index in [2.05, 4.69) is 22.2 Å². The second-order valence-electron chi connectivity index (χ2n) is 6.00. The summed E-state index contributed by atoms with van der Waals surface area (Å²) >= 11 is 0. The van der Waals surface area contributed by atoms with Crippen molar-refractivity contribution in [1.29, 1.82) is 0 Å². The first-order valence-corrected chi connectivity index (χ1v) is 8.23. The van der Waals surface area contributed by atoms with E-state index in [0.29, 0.717) is 23.2 Å². The molecule has 2 aromatic carbocycles. The lowest BCUT2D eigenvalue weighted by Gasteiger charge is -2.04. The molecule has 2 aromatic heterocycles. The zero-order chi connectivity index (χ0) is 17.9. The standard InChI is InChI=1S/C20H17N3O3/c1-13-6-8-15(9-7-13)19-11-18(26-22-19)12-24-17-5-3-4-16(10-17)20-21-14(2)25-23-20/h3-11H,12H2,1-2H3. The Morgan fingerprint density at radius 3 is 2.50 bits per heavy atom. The van der Waals surface area contributed by atoms with Crippen LogP contribution < -0.4 is 4.74 Å². The average Bonchev–Trinajstić information content (AvgIpc) is 3.30. The van der Waals surface area contributed by atoms with Crippen molar-refractivity contribution in [2.75, 3.05) is 0 Å². The van der Waals surface area contributed by atoms with Crippen LogP contribution in [0.2, 0.25) is 0 Å². The Morgan fingerprint density at radius 1 is 0.885 bits per heavy atom. The highest BCUT2D eigenvalue weighted by molar-refractivity contribution is 5.59. The van der Waals surface area contributed by atoms with E-state index in [0.717, 1.165) is 16.8 Å². The lowest BCUT2D eigenvalue weighted by molar-refractivity contribution is 0.249. The van der Waals surface area contributed by atoms with Crippen molar-refractivity contribution in [1.82, 2.24) is 15.3 Å². The van der Waals surface area contributed by atoms with E-state index in [-0.39, 0.29) is 6.61 Å². The van der Waals surface area contributed by atoms with Gasteiger partial charge in [0, 0.05) is 24.1 Å². The van der Waals surface area contributed by atoms with Gasteiger partial charge in [0.2, 0.25) is 11.7 Å². The monoisotopic (exact) mass is 347 g/mol. The molecule has 0 atom stereocenters. The molecule has 0 fully saturated rings. The zero-order valence-corrected chi connectivity index (χ0v) is 14.5. The second-order valence-corrected chi connectivity index (χ2v) is 6.00. The van der Waals surface area contributed by atoms with Crippen molar-refractivity contribution in [3.05, 3.63) is 71.8 Å². The summed E-state index contributed by atoms with van der Waals surface area (Å²) < 4.78 is 16.2. The van der Waals surface area contributed by atoms with Gasteiger partial charge in [0.15, 0.2) is 5.76 Å². The summed E-state index contributed by atoms with van der Waals surface area (Å²) in [4.78, 5) is 4.22. The van der Waals surface area contributed by atoms with Crippen LogP contribution in [0.3, 0.4) is 0 Å². The molecule has 0 saturated heterocycles. The number of hydrogen-bond donors (Lipinski definition) is 0. The molecular formula is C20H17N3O3. The summed E-state index contributed by atoms with van der Waals surface area (Å²) in [6, 6.07) is 17.5. The average molecular weight is 347 g/mol. The van der Waals surface area contributed by atoms with Crippen LogP contribution in [-0.4, -0.2) is 15.3 Å². The summed E-state index contributed by atoms with van der Waals surface area (Å²) in [6.07, 6.45) is 0. The van der Waals surface area contributed by atoms with Crippen LogP contribution in [0.1, 0.15) is 17.2 Å². The molecule has 0 spiro atoms. The quantitative estimate of drug-likeness (QED) is 0.526. The van der Waals surface area contributed by atoms with Gasteiger partial charge in [-0.15, -0.1) is 0 Å². The minimum atomic E-state index is 0.285. The van der Waals surface area contributed by atoms with Crippen LogP contribution in [0.4, 0.5) is 0 Å². The molecule has 0 amide bonds. The van der Waals surface area contributed by atoms with E-state index in [4.69, 9.17) is 13.8 Å². The summed E-state index contributed by atoms with van der Waals surface area (Å²) in [5.74, 6) is 2.41.